The van der Waals surface area contributed by atoms with Crippen LogP contribution in [0, 0.1) is 0 Å². The lowest BCUT2D eigenvalue weighted by atomic mass is 10.3. The van der Waals surface area contributed by atoms with Crippen molar-refractivity contribution in [3.05, 3.63) is 28.7 Å². The lowest BCUT2D eigenvalue weighted by molar-refractivity contribution is 0.558. The van der Waals surface area contributed by atoms with Crippen molar-refractivity contribution in [2.75, 3.05) is 5.88 Å². The Morgan fingerprint density at radius 3 is 2.71 bits per heavy atom. The van der Waals surface area contributed by atoms with Crippen molar-refractivity contribution in [3.63, 3.8) is 0 Å². The number of nitrogens with zero attached hydrogens (tertiary/aromatic N) is 4. The van der Waals surface area contributed by atoms with E-state index in [-0.39, 0.29) is 16.1 Å². The van der Waals surface area contributed by atoms with Gasteiger partial charge in [-0.05, 0) is 38.0 Å². The minimum absolute atomic E-state index is 0.155. The average molecular weight is 367 g/mol. The van der Waals surface area contributed by atoms with Crippen LogP contribution < -0.4 is 10.4 Å². The van der Waals surface area contributed by atoms with Gasteiger partial charge in [0, 0.05) is 12.6 Å². The van der Waals surface area contributed by atoms with E-state index < -0.39 is 15.5 Å². The van der Waals surface area contributed by atoms with Gasteiger partial charge < -0.3 is 0 Å². The fourth-order valence-electron chi connectivity index (χ4n) is 2.76. The fraction of sp³-hybridized carbons (Fsp3) is 0.500. The third-order valence-corrected chi connectivity index (χ3v) is 6.94. The summed E-state index contributed by atoms with van der Waals surface area (Å²) in [5.74, 6) is 0.491. The van der Waals surface area contributed by atoms with Crippen LogP contribution in [0.15, 0.2) is 38.1 Å². The molecule has 1 fully saturated rings. The molecule has 1 aliphatic heterocycles. The number of thioether (sulfide) groups is 1. The molecule has 4 rings (SSSR count). The van der Waals surface area contributed by atoms with E-state index in [0.717, 1.165) is 12.8 Å². The number of benzene rings is 1. The molecule has 1 aromatic heterocycles. The maximum atomic E-state index is 12.6. The van der Waals surface area contributed by atoms with Gasteiger partial charge in [-0.1, -0.05) is 11.8 Å². The molecule has 2 aliphatic rings. The van der Waals surface area contributed by atoms with Crippen LogP contribution in [0.3, 0.4) is 0 Å². The molecule has 10 heteroatoms. The SMILES string of the molecule is Cn1c(=O)n(C2N=NCS2)c2cc(S(=O)(=O)NC3(C)CC3)ccc21. The van der Waals surface area contributed by atoms with Gasteiger partial charge in [0.05, 0.1) is 15.9 Å². The van der Waals surface area contributed by atoms with Gasteiger partial charge in [-0.3, -0.25) is 9.13 Å². The molecule has 128 valence electrons. The van der Waals surface area contributed by atoms with Crippen LogP contribution in [0.25, 0.3) is 11.0 Å². The molecule has 0 radical (unpaired) electrons. The van der Waals surface area contributed by atoms with Gasteiger partial charge >= 0.3 is 5.69 Å². The maximum absolute atomic E-state index is 12.6. The number of azo groups is 1. The molecule has 1 N–H and O–H groups in total. The number of hydrogen-bond donors (Lipinski definition) is 1. The van der Waals surface area contributed by atoms with E-state index in [2.05, 4.69) is 15.0 Å². The normalized spacial score (nSPS) is 22.3. The van der Waals surface area contributed by atoms with E-state index >= 15 is 0 Å². The molecule has 1 atom stereocenters. The molecule has 1 unspecified atom stereocenters. The van der Waals surface area contributed by atoms with E-state index in [4.69, 9.17) is 0 Å². The van der Waals surface area contributed by atoms with E-state index in [0.29, 0.717) is 16.9 Å². The number of aromatic nitrogens is 2. The second-order valence-corrected chi connectivity index (χ2v) is 9.10. The Hall–Kier alpha value is -1.65. The van der Waals surface area contributed by atoms with Gasteiger partial charge in [0.2, 0.25) is 10.0 Å². The number of imidazole rings is 1. The van der Waals surface area contributed by atoms with Crippen molar-refractivity contribution in [2.45, 2.75) is 35.7 Å². The minimum Gasteiger partial charge on any atom is -0.295 e. The highest BCUT2D eigenvalue weighted by molar-refractivity contribution is 7.99. The summed E-state index contributed by atoms with van der Waals surface area (Å²) >= 11 is 1.42. The number of hydrogen-bond acceptors (Lipinski definition) is 6. The van der Waals surface area contributed by atoms with Crippen LogP contribution in [-0.2, 0) is 17.1 Å². The number of rotatable bonds is 4. The van der Waals surface area contributed by atoms with Gasteiger partial charge in [0.15, 0.2) is 5.50 Å². The van der Waals surface area contributed by atoms with Gasteiger partial charge in [0.1, 0.15) is 5.88 Å². The lowest BCUT2D eigenvalue weighted by Gasteiger charge is -2.13. The first-order chi connectivity index (χ1) is 11.3. The molecular formula is C14H17N5O3S2. The first kappa shape index (κ1) is 15.9. The average Bonchev–Trinajstić information content (AvgIpc) is 2.96. The van der Waals surface area contributed by atoms with Crippen molar-refractivity contribution in [1.29, 1.82) is 0 Å². The van der Waals surface area contributed by atoms with Crippen LogP contribution in [0.5, 0.6) is 0 Å². The summed E-state index contributed by atoms with van der Waals surface area (Å²) in [6, 6.07) is 4.73. The largest absolute Gasteiger partial charge is 0.331 e. The Balaban J connectivity index is 1.87. The third-order valence-electron chi connectivity index (χ3n) is 4.43. The third kappa shape index (κ3) is 2.49. The Labute approximate surface area is 143 Å². The molecule has 0 amide bonds. The molecule has 2 aromatic rings. The van der Waals surface area contributed by atoms with Crippen LogP contribution in [0.1, 0.15) is 25.3 Å². The molecule has 1 saturated carbocycles. The quantitative estimate of drug-likeness (QED) is 0.890. The van der Waals surface area contributed by atoms with Crippen LogP contribution in [-0.4, -0.2) is 29.0 Å². The smallest absolute Gasteiger partial charge is 0.295 e. The molecular weight excluding hydrogens is 350 g/mol. The predicted octanol–water partition coefficient (Wildman–Crippen LogP) is 1.78. The zero-order valence-electron chi connectivity index (χ0n) is 13.3. The van der Waals surface area contributed by atoms with Crippen molar-refractivity contribution in [2.24, 2.45) is 17.3 Å². The highest BCUT2D eigenvalue weighted by atomic mass is 32.2. The minimum atomic E-state index is -3.63. The van der Waals surface area contributed by atoms with Gasteiger partial charge in [-0.15, -0.1) is 0 Å². The lowest BCUT2D eigenvalue weighted by Crippen LogP contribution is -2.34. The first-order valence-electron chi connectivity index (χ1n) is 7.54. The number of aryl methyl sites for hydroxylation is 1. The summed E-state index contributed by atoms with van der Waals surface area (Å²) in [5, 5.41) is 7.98. The number of sulfonamides is 1. The highest BCUT2D eigenvalue weighted by Crippen LogP contribution is 2.36. The summed E-state index contributed by atoms with van der Waals surface area (Å²) in [5.41, 5.74) is 0.177. The van der Waals surface area contributed by atoms with Gasteiger partial charge in [-0.25, -0.2) is 17.9 Å². The van der Waals surface area contributed by atoms with Crippen LogP contribution in [0.4, 0.5) is 0 Å². The summed E-state index contributed by atoms with van der Waals surface area (Å²) in [4.78, 5) is 12.7. The molecule has 0 spiro atoms. The fourth-order valence-corrected chi connectivity index (χ4v) is 5.00. The monoisotopic (exact) mass is 367 g/mol. The Bertz CT molecular complexity index is 1020. The van der Waals surface area contributed by atoms with Crippen LogP contribution >= 0.6 is 11.8 Å². The summed E-state index contributed by atoms with van der Waals surface area (Å²) < 4.78 is 30.9. The predicted molar refractivity (Wildman–Crippen MR) is 91.5 cm³/mol. The van der Waals surface area contributed by atoms with E-state index in [1.807, 2.05) is 6.92 Å². The van der Waals surface area contributed by atoms with E-state index in [9.17, 15) is 13.2 Å². The first-order valence-corrected chi connectivity index (χ1v) is 10.1. The topological polar surface area (TPSA) is 97.8 Å². The maximum Gasteiger partial charge on any atom is 0.331 e. The molecule has 0 bridgehead atoms. The van der Waals surface area contributed by atoms with E-state index in [1.165, 1.54) is 27.0 Å². The number of fused-ring (bicyclic) bond motifs is 1. The summed E-state index contributed by atoms with van der Waals surface area (Å²) in [6.07, 6.45) is 1.67. The van der Waals surface area contributed by atoms with Gasteiger partial charge in [-0.2, -0.15) is 10.2 Å². The zero-order chi connectivity index (χ0) is 17.1. The second-order valence-electron chi connectivity index (χ2n) is 6.41. The standard InChI is InChI=1S/C14H17N5O3S2/c1-14(5-6-14)17-24(21,22)9-3-4-10-11(7-9)19(13(20)18(10)2)12-16-15-8-23-12/h3-4,7,12,17H,5-6,8H2,1-2H3. The van der Waals surface area contributed by atoms with Crippen molar-refractivity contribution in [1.82, 2.24) is 13.9 Å². The molecule has 0 saturated heterocycles. The summed E-state index contributed by atoms with van der Waals surface area (Å²) in [6.45, 7) is 1.89. The summed E-state index contributed by atoms with van der Waals surface area (Å²) in [7, 11) is -1.96. The van der Waals surface area contributed by atoms with Crippen molar-refractivity contribution in [3.8, 4) is 0 Å². The van der Waals surface area contributed by atoms with Gasteiger partial charge in [0.25, 0.3) is 0 Å². The number of nitrogens with one attached hydrogen (secondary N) is 1. The molecule has 8 nitrogen and oxygen atoms in total. The van der Waals surface area contributed by atoms with Crippen LogP contribution in [0.2, 0.25) is 0 Å². The Kier molecular flexibility index (Phi) is 3.42. The highest BCUT2D eigenvalue weighted by Gasteiger charge is 2.41. The molecule has 1 aliphatic carbocycles. The zero-order valence-corrected chi connectivity index (χ0v) is 14.9. The molecule has 2 heterocycles. The Morgan fingerprint density at radius 2 is 2.08 bits per heavy atom. The molecule has 24 heavy (non-hydrogen) atoms. The second kappa shape index (κ2) is 5.17. The van der Waals surface area contributed by atoms with Crippen molar-refractivity contribution >= 4 is 32.8 Å². The molecule has 1 aromatic carbocycles. The van der Waals surface area contributed by atoms with E-state index in [1.54, 1.807) is 19.2 Å². The van der Waals surface area contributed by atoms with Crippen molar-refractivity contribution < 1.29 is 8.42 Å². The Morgan fingerprint density at radius 1 is 1.33 bits per heavy atom.